The minimum atomic E-state index is -0.815. The Balaban J connectivity index is -0.000000524. The molecule has 22 heteroatoms. The Morgan fingerprint density at radius 3 is 1.46 bits per heavy atom. The molecule has 10 aromatic rings. The summed E-state index contributed by atoms with van der Waals surface area (Å²) in [5, 5.41) is 0. The molecular formula is C75H85BI3N7O8W3-2. The molecule has 0 atom stereocenters. The molecule has 8 aromatic carbocycles. The van der Waals surface area contributed by atoms with Crippen molar-refractivity contribution < 1.29 is 116 Å². The Labute approximate surface area is 651 Å². The Bertz CT molecular complexity index is 3680. The number of anilines is 2. The normalized spacial score (nSPS) is 11.5. The maximum absolute atomic E-state index is 12.3. The van der Waals surface area contributed by atoms with Crippen LogP contribution >= 0.6 is 37.2 Å². The van der Waals surface area contributed by atoms with Crippen molar-refractivity contribution in [2.45, 2.75) is 108 Å². The van der Waals surface area contributed by atoms with E-state index in [1.54, 1.807) is 91.9 Å². The Morgan fingerprint density at radius 2 is 1.07 bits per heavy atom. The van der Waals surface area contributed by atoms with Gasteiger partial charge in [0.2, 0.25) is 6.29 Å². The molecule has 512 valence electrons. The summed E-state index contributed by atoms with van der Waals surface area (Å²) in [6.45, 7) is 25.6. The number of nitrogens with two attached hydrogens (primary N) is 2. The molecule has 1 fully saturated rings. The van der Waals surface area contributed by atoms with Gasteiger partial charge in [-0.1, -0.05) is 145 Å². The average Bonchev–Trinajstić information content (AvgIpc) is 1.76. The van der Waals surface area contributed by atoms with Crippen molar-refractivity contribution in [3.05, 3.63) is 271 Å². The van der Waals surface area contributed by atoms with E-state index >= 15 is 0 Å². The van der Waals surface area contributed by atoms with Crippen LogP contribution in [0.4, 0.5) is 17.1 Å². The number of esters is 1. The van der Waals surface area contributed by atoms with Gasteiger partial charge in [0.25, 0.3) is 0 Å². The number of aliphatic imine (C=N–C) groups is 1. The van der Waals surface area contributed by atoms with E-state index in [1.165, 1.54) is 18.6 Å². The summed E-state index contributed by atoms with van der Waals surface area (Å²) >= 11 is 5.30. The molecule has 15 nitrogen and oxygen atoms in total. The van der Waals surface area contributed by atoms with Gasteiger partial charge in [-0.3, -0.25) is 39.1 Å². The standard InChI is InChI=1S/C15H10N2O.C15H9N2O.C9H6NO.C6H13BO2.C6H7N2.2C6H5.C4H6O3.4C2H6.I3.3W/c2*18-15(11-4-2-1-3-5-11)12-6-7-13-14(10-12)17-9-8-16-13;11-8-5-7-3-1-2-4-9(7)10-6-8;1-5(2)6(3,4)9-7-8-5;7-5-3-1-2-4-6(5)8;2*1-2-4-6-5-3-1;1-2-7-4(6)3-5;4*1-2;1-3-2;;;/h1-10H;1-8,10H;2-4,6H,5H2;7H,1-4H3;1,3-4H,7-8H2;2*1-5H;3H,2H2,1H3;4*1-2H3;;;;/q;2*-1;;3*-1;;;;;;-1;;2*+2/i9D;;;7D;;;;;;;;;;;;. The molecule has 4 N–H and O–H groups in total. The second-order valence-electron chi connectivity index (χ2n) is 18.2. The predicted octanol–water partition coefficient (Wildman–Crippen LogP) is 13.9. The van der Waals surface area contributed by atoms with Gasteiger partial charge in [-0.05, 0) is 71.1 Å². The number of rotatable bonds is 6. The number of aldehydes is 1. The van der Waals surface area contributed by atoms with Crippen molar-refractivity contribution in [1.82, 2.24) is 19.9 Å². The van der Waals surface area contributed by atoms with Gasteiger partial charge in [-0.2, -0.15) is 109 Å². The van der Waals surface area contributed by atoms with Crippen LogP contribution in [0.2, 0.25) is 0 Å². The maximum atomic E-state index is 12.3. The molecule has 4 heterocycles. The zero-order valence-corrected chi connectivity index (χ0v) is 72.1. The third-order valence-corrected chi connectivity index (χ3v) is 11.7. The van der Waals surface area contributed by atoms with Crippen LogP contribution in [0, 0.1) is 30.5 Å². The van der Waals surface area contributed by atoms with Crippen molar-refractivity contribution in [2.75, 3.05) is 18.1 Å². The van der Waals surface area contributed by atoms with E-state index in [0.29, 0.717) is 69.9 Å². The van der Waals surface area contributed by atoms with Crippen molar-refractivity contribution in [1.29, 1.82) is 1.34 Å². The number of Topliss-reactive ketones (excluding diaryl/α,β-unsaturated/α-hetero) is 1. The largest absolute Gasteiger partial charge is 2.00 e. The van der Waals surface area contributed by atoms with Gasteiger partial charge in [0.15, 0.2) is 17.3 Å². The fourth-order valence-electron chi connectivity index (χ4n) is 6.60. The molecule has 0 bridgehead atoms. The fourth-order valence-corrected chi connectivity index (χ4v) is 6.60. The number of carbonyl (C=O) groups is 5. The molecule has 12 rings (SSSR count). The van der Waals surface area contributed by atoms with Gasteiger partial charge in [-0.25, -0.2) is 4.79 Å². The molecular weight excluding hydrogens is 2070 g/mol. The molecule has 2 aromatic heterocycles. The number of ketones is 3. The number of ether oxygens (including phenoxy) is 1. The van der Waals surface area contributed by atoms with Crippen LogP contribution in [0.1, 0.15) is 129 Å². The molecule has 0 aliphatic carbocycles. The monoisotopic (exact) mass is 2160 g/mol. The van der Waals surface area contributed by atoms with Gasteiger partial charge in [0.1, 0.15) is 0 Å². The summed E-state index contributed by atoms with van der Waals surface area (Å²) in [5.41, 5.74) is 18.3. The van der Waals surface area contributed by atoms with E-state index in [1.807, 2.05) is 192 Å². The number of hydrogen-bond acceptors (Lipinski definition) is 15. The summed E-state index contributed by atoms with van der Waals surface area (Å²) in [6, 6.07) is 70.0. The van der Waals surface area contributed by atoms with Gasteiger partial charge in [0, 0.05) is 61.2 Å². The first kappa shape index (κ1) is 93.2. The molecule has 2 aliphatic heterocycles. The minimum absolute atomic E-state index is 0. The zero-order valence-electron chi connectivity index (χ0n) is 58.8. The quantitative estimate of drug-likeness (QED) is 0.0231. The second-order valence-corrected chi connectivity index (χ2v) is 34.5. The average molecular weight is 2160 g/mol. The van der Waals surface area contributed by atoms with E-state index in [9.17, 15) is 24.0 Å². The van der Waals surface area contributed by atoms with E-state index in [-0.39, 0.29) is 111 Å². The minimum Gasteiger partial charge on any atom is -0.448 e. The van der Waals surface area contributed by atoms with E-state index in [2.05, 4.69) is 97.4 Å². The molecule has 0 spiro atoms. The molecule has 0 unspecified atom stereocenters. The number of nitrogen functional groups attached to an aromatic ring is 2. The van der Waals surface area contributed by atoms with Gasteiger partial charge in [-0.15, -0.1) is 30.0 Å². The summed E-state index contributed by atoms with van der Waals surface area (Å²) in [4.78, 5) is 75.0. The third-order valence-electron chi connectivity index (χ3n) is 11.7. The zero-order chi connectivity index (χ0) is 72.2. The molecule has 97 heavy (non-hydrogen) atoms. The number of nitrogens with zero attached hydrogens (tertiary/aromatic N) is 5. The van der Waals surface area contributed by atoms with Gasteiger partial charge < -0.3 is 30.5 Å². The smallest absolute Gasteiger partial charge is 0.448 e. The molecule has 0 radical (unpaired) electrons. The van der Waals surface area contributed by atoms with Crippen LogP contribution in [-0.4, -0.2) is 82.5 Å². The number of fused-ring (bicyclic) bond motifs is 3. The van der Waals surface area contributed by atoms with Crippen molar-refractivity contribution in [2.24, 2.45) is 4.99 Å². The van der Waals surface area contributed by atoms with E-state index in [4.69, 9.17) is 23.5 Å². The number of carbonyl (C=O) groups excluding carboxylic acids is 5. The molecule has 0 amide bonds. The number of halogens is 3. The third kappa shape index (κ3) is 40.7. The van der Waals surface area contributed by atoms with Crippen LogP contribution in [0.15, 0.2) is 218 Å². The van der Waals surface area contributed by atoms with Gasteiger partial charge in [0.05, 0.1) is 37.8 Å². The van der Waals surface area contributed by atoms with Crippen LogP contribution in [0.3, 0.4) is 0 Å². The topological polar surface area (TPSA) is 229 Å². The summed E-state index contributed by atoms with van der Waals surface area (Å²) < 4.78 is 29.3. The first-order chi connectivity index (χ1) is 46.3. The van der Waals surface area contributed by atoms with Crippen LogP contribution < -0.4 is 24.7 Å². The predicted molar refractivity (Wildman–Crippen MR) is 398 cm³/mol. The van der Waals surface area contributed by atoms with Crippen molar-refractivity contribution in [3.8, 4) is 0 Å². The summed E-state index contributed by atoms with van der Waals surface area (Å²) in [7, 11) is -0.815. The first-order valence-corrected chi connectivity index (χ1v) is 42.6. The fraction of sp³-hybridized carbons (Fsp3) is 0.227. The maximum Gasteiger partial charge on any atom is 2.00 e. The van der Waals surface area contributed by atoms with Gasteiger partial charge >= 0.3 is 106 Å². The Hall–Kier alpha value is -5.90. The molecule has 2 aliphatic rings. The van der Waals surface area contributed by atoms with Crippen LogP contribution in [-0.2, 0) is 98.0 Å². The van der Waals surface area contributed by atoms with Crippen LogP contribution in [0.25, 0.3) is 22.1 Å². The Kier molecular flexibility index (Phi) is 58.8. The SMILES string of the molecule is CC.CC.CC.CC.CCOC(=O)C=O.I[I-]I.Nc1c[c-]ccc1N.O=C(c1ccccc1)c1ccc2nc[c-]nc2c1.O=C1C=Nc2cc[c-]cc2C1.[2H]B1OC(C)(C)C(C)(C)O1.[2H]c1cnc2ccc(C(=O)c3ccccc3)cc2n1.[W+2].[W+2].[W].[c-]1ccccc1.[c-]1ccccc1. The number of benzene rings is 8. The van der Waals surface area contributed by atoms with Crippen LogP contribution in [0.5, 0.6) is 0 Å². The van der Waals surface area contributed by atoms with E-state index in [0.717, 1.165) is 16.8 Å². The number of hydrogen-bond donors (Lipinski definition) is 2. The van der Waals surface area contributed by atoms with E-state index < -0.39 is 13.6 Å². The number of aromatic nitrogens is 4. The Morgan fingerprint density at radius 1 is 0.619 bits per heavy atom. The second kappa shape index (κ2) is 61.2. The summed E-state index contributed by atoms with van der Waals surface area (Å²) in [6.07, 6.45) is 7.66. The molecule has 1 saturated heterocycles. The van der Waals surface area contributed by atoms with Crippen molar-refractivity contribution in [3.63, 3.8) is 0 Å². The summed E-state index contributed by atoms with van der Waals surface area (Å²) in [5.74, 6) is -0.803. The molecule has 0 saturated carbocycles. The first-order valence-electron chi connectivity index (χ1n) is 31.1. The van der Waals surface area contributed by atoms with Crippen molar-refractivity contribution >= 4 is 120 Å².